The van der Waals surface area contributed by atoms with Gasteiger partial charge in [0.1, 0.15) is 16.5 Å². The molecule has 0 radical (unpaired) electrons. The maximum Gasteiger partial charge on any atom is 0.332 e. The number of hydrogen-bond donors (Lipinski definition) is 1. The van der Waals surface area contributed by atoms with Gasteiger partial charge in [-0.2, -0.15) is 0 Å². The highest BCUT2D eigenvalue weighted by Crippen LogP contribution is 2.35. The van der Waals surface area contributed by atoms with Gasteiger partial charge in [-0.1, -0.05) is 0 Å². The van der Waals surface area contributed by atoms with E-state index < -0.39 is 11.5 Å². The van der Waals surface area contributed by atoms with Gasteiger partial charge in [0.25, 0.3) is 0 Å². The lowest BCUT2D eigenvalue weighted by atomic mass is 10.1. The molecule has 2 rings (SSSR count). The molecular weight excluding hydrogens is 266 g/mol. The Morgan fingerprint density at radius 1 is 1.42 bits per heavy atom. The molecular formula is C13H15NO4S. The van der Waals surface area contributed by atoms with Crippen molar-refractivity contribution in [1.82, 2.24) is 0 Å². The third-order valence-electron chi connectivity index (χ3n) is 2.94. The first kappa shape index (κ1) is 13.7. The Balaban J connectivity index is 2.41. The van der Waals surface area contributed by atoms with Crippen molar-refractivity contribution in [3.8, 4) is 11.5 Å². The van der Waals surface area contributed by atoms with Crippen molar-refractivity contribution in [1.29, 1.82) is 0 Å². The zero-order valence-electron chi connectivity index (χ0n) is 11.0. The van der Waals surface area contributed by atoms with E-state index in [0.717, 1.165) is 5.56 Å². The minimum absolute atomic E-state index is 0.423. The maximum absolute atomic E-state index is 11.2. The fraction of sp³-hybridized carbons (Fsp3) is 0.385. The van der Waals surface area contributed by atoms with Crippen LogP contribution in [0.25, 0.3) is 0 Å². The van der Waals surface area contributed by atoms with Crippen LogP contribution in [-0.2, 0) is 4.79 Å². The van der Waals surface area contributed by atoms with E-state index in [-0.39, 0.29) is 0 Å². The van der Waals surface area contributed by atoms with Gasteiger partial charge >= 0.3 is 5.97 Å². The van der Waals surface area contributed by atoms with E-state index in [4.69, 9.17) is 9.47 Å². The Morgan fingerprint density at radius 3 is 2.68 bits per heavy atom. The first-order valence-electron chi connectivity index (χ1n) is 5.68. The van der Waals surface area contributed by atoms with Crippen LogP contribution < -0.4 is 9.47 Å². The zero-order chi connectivity index (χ0) is 14.0. The summed E-state index contributed by atoms with van der Waals surface area (Å²) in [6.45, 7) is 1.62. The summed E-state index contributed by atoms with van der Waals surface area (Å²) in [6, 6.07) is 5.39. The topological polar surface area (TPSA) is 68.1 Å². The van der Waals surface area contributed by atoms with Crippen LogP contribution >= 0.6 is 11.8 Å². The number of aliphatic carboxylic acids is 1. The number of carboxylic acid groups (broad SMARTS) is 1. The van der Waals surface area contributed by atoms with Gasteiger partial charge in [-0.25, -0.2) is 4.79 Å². The van der Waals surface area contributed by atoms with Crippen molar-refractivity contribution in [2.24, 2.45) is 4.99 Å². The molecule has 1 heterocycles. The molecule has 1 aliphatic rings. The predicted molar refractivity (Wildman–Crippen MR) is 74.6 cm³/mol. The average Bonchev–Trinajstić information content (AvgIpc) is 2.82. The minimum atomic E-state index is -1.06. The Kier molecular flexibility index (Phi) is 3.71. The number of rotatable bonds is 4. The van der Waals surface area contributed by atoms with Gasteiger partial charge in [0, 0.05) is 17.4 Å². The molecule has 0 saturated carbocycles. The van der Waals surface area contributed by atoms with Crippen molar-refractivity contribution >= 4 is 22.8 Å². The lowest BCUT2D eigenvalue weighted by Crippen LogP contribution is -2.33. The first-order chi connectivity index (χ1) is 9.00. The van der Waals surface area contributed by atoms with Gasteiger partial charge in [0.05, 0.1) is 14.2 Å². The highest BCUT2D eigenvalue weighted by Gasteiger charge is 2.39. The number of aliphatic imine (C=N–C) groups is 1. The molecule has 1 aromatic rings. The Bertz CT molecular complexity index is 543. The van der Waals surface area contributed by atoms with Crippen LogP contribution in [-0.4, -0.2) is 41.6 Å². The van der Waals surface area contributed by atoms with E-state index >= 15 is 0 Å². The third-order valence-corrected chi connectivity index (χ3v) is 4.23. The summed E-state index contributed by atoms with van der Waals surface area (Å²) in [6.07, 6.45) is 0. The second-order valence-corrected chi connectivity index (χ2v) is 5.31. The quantitative estimate of drug-likeness (QED) is 0.914. The Labute approximate surface area is 115 Å². The molecule has 19 heavy (non-hydrogen) atoms. The van der Waals surface area contributed by atoms with Crippen LogP contribution in [0.1, 0.15) is 12.5 Å². The fourth-order valence-corrected chi connectivity index (χ4v) is 2.92. The smallest absolute Gasteiger partial charge is 0.332 e. The van der Waals surface area contributed by atoms with E-state index in [1.807, 2.05) is 6.07 Å². The molecule has 0 bridgehead atoms. The summed E-state index contributed by atoms with van der Waals surface area (Å²) in [7, 11) is 3.15. The summed E-state index contributed by atoms with van der Waals surface area (Å²) < 4.78 is 10.4. The van der Waals surface area contributed by atoms with E-state index in [2.05, 4.69) is 4.99 Å². The van der Waals surface area contributed by atoms with Crippen molar-refractivity contribution < 1.29 is 19.4 Å². The molecule has 0 amide bonds. The van der Waals surface area contributed by atoms with Crippen molar-refractivity contribution in [2.75, 3.05) is 20.0 Å². The molecule has 6 heteroatoms. The van der Waals surface area contributed by atoms with E-state index in [9.17, 15) is 9.90 Å². The van der Waals surface area contributed by atoms with Crippen LogP contribution in [0.3, 0.4) is 0 Å². The molecule has 0 aliphatic carbocycles. The highest BCUT2D eigenvalue weighted by atomic mass is 32.2. The summed E-state index contributed by atoms with van der Waals surface area (Å²) in [5, 5.41) is 9.86. The number of carboxylic acids is 1. The number of hydrogen-bond acceptors (Lipinski definition) is 5. The van der Waals surface area contributed by atoms with E-state index in [1.165, 1.54) is 11.8 Å². The van der Waals surface area contributed by atoms with Crippen molar-refractivity contribution in [2.45, 2.75) is 12.5 Å². The normalized spacial score (nSPS) is 21.9. The number of benzene rings is 1. The number of ether oxygens (including phenoxy) is 2. The minimum Gasteiger partial charge on any atom is -0.497 e. The molecule has 1 aromatic carbocycles. The lowest BCUT2D eigenvalue weighted by Gasteiger charge is -2.12. The Morgan fingerprint density at radius 2 is 2.16 bits per heavy atom. The van der Waals surface area contributed by atoms with Crippen LogP contribution in [0, 0.1) is 0 Å². The van der Waals surface area contributed by atoms with Crippen molar-refractivity contribution in [3.63, 3.8) is 0 Å². The molecule has 0 unspecified atom stereocenters. The van der Waals surface area contributed by atoms with Crippen LogP contribution in [0.2, 0.25) is 0 Å². The van der Waals surface area contributed by atoms with Gasteiger partial charge in [-0.15, -0.1) is 11.8 Å². The van der Waals surface area contributed by atoms with Gasteiger partial charge in [0.15, 0.2) is 5.54 Å². The monoisotopic (exact) mass is 281 g/mol. The number of thioether (sulfide) groups is 1. The zero-order valence-corrected chi connectivity index (χ0v) is 11.8. The first-order valence-corrected chi connectivity index (χ1v) is 6.67. The number of carbonyl (C=O) groups is 1. The van der Waals surface area contributed by atoms with Crippen LogP contribution in [0.4, 0.5) is 0 Å². The van der Waals surface area contributed by atoms with Gasteiger partial charge in [-0.05, 0) is 19.1 Å². The molecule has 5 nitrogen and oxygen atoms in total. The highest BCUT2D eigenvalue weighted by molar-refractivity contribution is 8.14. The number of nitrogens with zero attached hydrogens (tertiary/aromatic N) is 1. The summed E-state index contributed by atoms with van der Waals surface area (Å²) in [5.41, 5.74) is -0.274. The standard InChI is InChI=1S/C13H15NO4S/c1-13(12(15)16)7-19-11(14-13)9-5-4-8(17-2)6-10(9)18-3/h4-6H,7H2,1-3H3,(H,15,16)/t13-/m1/s1. The predicted octanol–water partition coefficient (Wildman–Crippen LogP) is 2.04. The van der Waals surface area contributed by atoms with Crippen molar-refractivity contribution in [3.05, 3.63) is 23.8 Å². The van der Waals surface area contributed by atoms with E-state index in [0.29, 0.717) is 22.3 Å². The summed E-state index contributed by atoms with van der Waals surface area (Å²) in [4.78, 5) is 15.5. The van der Waals surface area contributed by atoms with Gasteiger partial charge in [-0.3, -0.25) is 4.99 Å². The molecule has 1 N–H and O–H groups in total. The fourth-order valence-electron chi connectivity index (χ4n) is 1.72. The van der Waals surface area contributed by atoms with Gasteiger partial charge < -0.3 is 14.6 Å². The lowest BCUT2D eigenvalue weighted by molar-refractivity contribution is -0.141. The Hall–Kier alpha value is -1.69. The van der Waals surface area contributed by atoms with E-state index in [1.54, 1.807) is 33.3 Å². The summed E-state index contributed by atoms with van der Waals surface area (Å²) >= 11 is 1.42. The van der Waals surface area contributed by atoms with Gasteiger partial charge in [0.2, 0.25) is 0 Å². The summed E-state index contributed by atoms with van der Waals surface area (Å²) in [5.74, 6) is 0.820. The third kappa shape index (κ3) is 2.53. The van der Waals surface area contributed by atoms with Crippen LogP contribution in [0.15, 0.2) is 23.2 Å². The molecule has 1 atom stereocenters. The molecule has 0 saturated heterocycles. The molecule has 1 aliphatic heterocycles. The van der Waals surface area contributed by atoms with Crippen LogP contribution in [0.5, 0.6) is 11.5 Å². The average molecular weight is 281 g/mol. The maximum atomic E-state index is 11.2. The molecule has 0 fully saturated rings. The molecule has 0 spiro atoms. The number of methoxy groups -OCH3 is 2. The SMILES string of the molecule is COc1ccc(C2=N[C@@](C)(C(=O)O)CS2)c(OC)c1. The molecule has 0 aromatic heterocycles. The second kappa shape index (κ2) is 5.13. The second-order valence-electron chi connectivity index (χ2n) is 4.35. The molecule has 102 valence electrons. The largest absolute Gasteiger partial charge is 0.497 e.